The van der Waals surface area contributed by atoms with Crippen LogP contribution in [0.3, 0.4) is 0 Å². The number of rotatable bonds is 2. The van der Waals surface area contributed by atoms with E-state index < -0.39 is 11.6 Å². The van der Waals surface area contributed by atoms with Crippen LogP contribution in [0, 0.1) is 5.41 Å². The van der Waals surface area contributed by atoms with Crippen molar-refractivity contribution in [1.82, 2.24) is 5.32 Å². The van der Waals surface area contributed by atoms with Gasteiger partial charge in [0.2, 0.25) is 12.1 Å². The van der Waals surface area contributed by atoms with E-state index in [2.05, 4.69) is 10.3 Å². The van der Waals surface area contributed by atoms with Crippen molar-refractivity contribution in [2.45, 2.75) is 26.9 Å². The van der Waals surface area contributed by atoms with E-state index in [-0.39, 0.29) is 11.8 Å². The van der Waals surface area contributed by atoms with Crippen LogP contribution in [0.5, 0.6) is 0 Å². The van der Waals surface area contributed by atoms with Crippen LogP contribution in [-0.4, -0.2) is 30.7 Å². The zero-order chi connectivity index (χ0) is 18.9. The lowest BCUT2D eigenvalue weighted by molar-refractivity contribution is -0.132. The fourth-order valence-corrected chi connectivity index (χ4v) is 2.78. The first-order valence-electron chi connectivity index (χ1n) is 8.60. The average Bonchev–Trinajstić information content (AvgIpc) is 2.72. The normalized spacial score (nSPS) is 17.2. The number of benzodiazepines with no additional fused rings is 1. The van der Waals surface area contributed by atoms with E-state index in [1.54, 1.807) is 11.9 Å². The van der Waals surface area contributed by atoms with Gasteiger partial charge < -0.3 is 10.2 Å². The molecule has 0 spiro atoms. The Hall–Kier alpha value is -2.95. The number of fused-ring (bicyclic) bond motifs is 1. The average molecular weight is 349 g/mol. The van der Waals surface area contributed by atoms with Gasteiger partial charge in [0.15, 0.2) is 0 Å². The maximum absolute atomic E-state index is 13.0. The Morgan fingerprint density at radius 3 is 2.31 bits per heavy atom. The molecule has 2 aromatic rings. The maximum Gasteiger partial charge on any atom is 0.272 e. The minimum absolute atomic E-state index is 0.216. The molecule has 2 aromatic carbocycles. The third kappa shape index (κ3) is 3.38. The lowest BCUT2D eigenvalue weighted by Crippen LogP contribution is -2.49. The SMILES string of the molecule is CN1C(=O)[C@@H](NC(=O)C(C)(C)C)N=C(c2ccccc2)c2ccccc21. The smallest absolute Gasteiger partial charge is 0.272 e. The van der Waals surface area contributed by atoms with Crippen LogP contribution in [0.15, 0.2) is 59.6 Å². The first-order chi connectivity index (χ1) is 12.3. The van der Waals surface area contributed by atoms with Gasteiger partial charge in [-0.3, -0.25) is 9.59 Å². The summed E-state index contributed by atoms with van der Waals surface area (Å²) in [4.78, 5) is 31.6. The number of nitrogens with one attached hydrogen (secondary N) is 1. The number of para-hydroxylation sites is 1. The molecule has 1 atom stereocenters. The van der Waals surface area contributed by atoms with Gasteiger partial charge in [0.1, 0.15) is 0 Å². The summed E-state index contributed by atoms with van der Waals surface area (Å²) in [5, 5.41) is 2.80. The zero-order valence-corrected chi connectivity index (χ0v) is 15.5. The molecule has 0 radical (unpaired) electrons. The topological polar surface area (TPSA) is 61.8 Å². The highest BCUT2D eigenvalue weighted by Crippen LogP contribution is 2.27. The highest BCUT2D eigenvalue weighted by atomic mass is 16.2. The predicted molar refractivity (Wildman–Crippen MR) is 103 cm³/mol. The van der Waals surface area contributed by atoms with Crippen molar-refractivity contribution >= 4 is 23.2 Å². The maximum atomic E-state index is 13.0. The Morgan fingerprint density at radius 2 is 1.65 bits per heavy atom. The summed E-state index contributed by atoms with van der Waals surface area (Å²) < 4.78 is 0. The first-order valence-corrected chi connectivity index (χ1v) is 8.60. The van der Waals surface area contributed by atoms with Gasteiger partial charge in [-0.1, -0.05) is 69.3 Å². The van der Waals surface area contributed by atoms with Crippen molar-refractivity contribution in [3.05, 3.63) is 65.7 Å². The highest BCUT2D eigenvalue weighted by Gasteiger charge is 2.33. The molecule has 26 heavy (non-hydrogen) atoms. The summed E-state index contributed by atoms with van der Waals surface area (Å²) in [5.74, 6) is -0.479. The van der Waals surface area contributed by atoms with Crippen LogP contribution in [0.4, 0.5) is 5.69 Å². The molecule has 0 saturated carbocycles. The molecule has 1 aliphatic rings. The van der Waals surface area contributed by atoms with E-state index in [0.717, 1.165) is 16.8 Å². The van der Waals surface area contributed by atoms with Gasteiger partial charge >= 0.3 is 0 Å². The van der Waals surface area contributed by atoms with E-state index >= 15 is 0 Å². The highest BCUT2D eigenvalue weighted by molar-refractivity contribution is 6.20. The molecule has 5 nitrogen and oxygen atoms in total. The third-order valence-corrected chi connectivity index (χ3v) is 4.34. The standard InChI is InChI=1S/C21H23N3O2/c1-21(2,3)20(26)23-18-19(25)24(4)16-13-9-8-12-15(16)17(22-18)14-10-6-5-7-11-14/h5-13,18H,1-4H3,(H,23,26)/t18-/m1/s1. The number of likely N-dealkylation sites (N-methyl/N-ethyl adjacent to an activating group) is 1. The van der Waals surface area contributed by atoms with E-state index in [1.165, 1.54) is 0 Å². The Bertz CT molecular complexity index is 866. The fourth-order valence-electron chi connectivity index (χ4n) is 2.78. The summed E-state index contributed by atoms with van der Waals surface area (Å²) in [7, 11) is 1.71. The van der Waals surface area contributed by atoms with Crippen LogP contribution in [0.1, 0.15) is 31.9 Å². The Morgan fingerprint density at radius 1 is 1.04 bits per heavy atom. The van der Waals surface area contributed by atoms with Crippen molar-refractivity contribution in [3.63, 3.8) is 0 Å². The third-order valence-electron chi connectivity index (χ3n) is 4.34. The molecule has 0 aliphatic carbocycles. The van der Waals surface area contributed by atoms with E-state index in [0.29, 0.717) is 5.71 Å². The molecule has 2 amide bonds. The van der Waals surface area contributed by atoms with Crippen LogP contribution >= 0.6 is 0 Å². The second kappa shape index (κ2) is 6.75. The van der Waals surface area contributed by atoms with Gasteiger partial charge in [-0.05, 0) is 6.07 Å². The number of hydrogen-bond acceptors (Lipinski definition) is 3. The lowest BCUT2D eigenvalue weighted by atomic mass is 9.95. The number of carbonyl (C=O) groups excluding carboxylic acids is 2. The molecular weight excluding hydrogens is 326 g/mol. The molecule has 1 heterocycles. The minimum atomic E-state index is -0.964. The van der Waals surface area contributed by atoms with E-state index in [1.807, 2.05) is 75.4 Å². The van der Waals surface area contributed by atoms with Crippen molar-refractivity contribution in [3.8, 4) is 0 Å². The Balaban J connectivity index is 2.13. The number of hydrogen-bond donors (Lipinski definition) is 1. The van der Waals surface area contributed by atoms with Gasteiger partial charge in [-0.2, -0.15) is 0 Å². The Labute approximate surface area is 153 Å². The summed E-state index contributed by atoms with van der Waals surface area (Å²) in [6.07, 6.45) is -0.964. The second-order valence-corrected chi connectivity index (χ2v) is 7.38. The number of benzene rings is 2. The zero-order valence-electron chi connectivity index (χ0n) is 15.5. The summed E-state index contributed by atoms with van der Waals surface area (Å²) in [5.41, 5.74) is 2.62. The molecule has 0 fully saturated rings. The van der Waals surface area contributed by atoms with E-state index in [9.17, 15) is 9.59 Å². The van der Waals surface area contributed by atoms with Crippen molar-refractivity contribution in [2.24, 2.45) is 10.4 Å². The van der Waals surface area contributed by atoms with Gasteiger partial charge in [0.25, 0.3) is 5.91 Å². The van der Waals surface area contributed by atoms with Gasteiger partial charge in [-0.25, -0.2) is 4.99 Å². The number of anilines is 1. The molecule has 1 N–H and O–H groups in total. The number of aliphatic imine (C=N–C) groups is 1. The summed E-state index contributed by atoms with van der Waals surface area (Å²) in [6, 6.07) is 17.3. The molecule has 3 rings (SSSR count). The molecule has 1 aliphatic heterocycles. The van der Waals surface area contributed by atoms with Crippen LogP contribution in [0.25, 0.3) is 0 Å². The quantitative estimate of drug-likeness (QED) is 0.906. The van der Waals surface area contributed by atoms with Crippen LogP contribution < -0.4 is 10.2 Å². The van der Waals surface area contributed by atoms with Crippen LogP contribution in [-0.2, 0) is 9.59 Å². The lowest BCUT2D eigenvalue weighted by Gasteiger charge is -2.24. The molecule has 0 bridgehead atoms. The first kappa shape index (κ1) is 17.9. The minimum Gasteiger partial charge on any atom is -0.326 e. The Kier molecular flexibility index (Phi) is 4.64. The van der Waals surface area contributed by atoms with Gasteiger partial charge in [0, 0.05) is 23.6 Å². The number of nitrogens with zero attached hydrogens (tertiary/aromatic N) is 2. The molecule has 134 valence electrons. The van der Waals surface area contributed by atoms with Crippen molar-refractivity contribution < 1.29 is 9.59 Å². The molecule has 5 heteroatoms. The molecule has 0 aromatic heterocycles. The summed E-state index contributed by atoms with van der Waals surface area (Å²) in [6.45, 7) is 5.43. The number of amides is 2. The fraction of sp³-hybridized carbons (Fsp3) is 0.286. The van der Waals surface area contributed by atoms with E-state index in [4.69, 9.17) is 0 Å². The molecule has 0 unspecified atom stereocenters. The van der Waals surface area contributed by atoms with Gasteiger partial charge in [0.05, 0.1) is 11.4 Å². The van der Waals surface area contributed by atoms with Crippen molar-refractivity contribution in [1.29, 1.82) is 0 Å². The van der Waals surface area contributed by atoms with Gasteiger partial charge in [-0.15, -0.1) is 0 Å². The monoisotopic (exact) mass is 349 g/mol. The number of carbonyl (C=O) groups is 2. The summed E-state index contributed by atoms with van der Waals surface area (Å²) >= 11 is 0. The molecule has 0 saturated heterocycles. The predicted octanol–water partition coefficient (Wildman–Crippen LogP) is 2.99. The second-order valence-electron chi connectivity index (χ2n) is 7.38. The van der Waals surface area contributed by atoms with Crippen molar-refractivity contribution in [2.75, 3.05) is 11.9 Å². The largest absolute Gasteiger partial charge is 0.326 e. The molecular formula is C21H23N3O2. The van der Waals surface area contributed by atoms with Crippen LogP contribution in [0.2, 0.25) is 0 Å².